The maximum Gasteiger partial charge on any atom is 0.411 e. The fourth-order valence-corrected chi connectivity index (χ4v) is 1.61. The molecule has 0 unspecified atom stereocenters. The molecule has 0 saturated carbocycles. The van der Waals surface area contributed by atoms with Crippen molar-refractivity contribution in [2.75, 3.05) is 0 Å². The summed E-state index contributed by atoms with van der Waals surface area (Å²) in [6, 6.07) is 5.46. The van der Waals surface area contributed by atoms with Crippen LogP contribution in [0.5, 0.6) is 0 Å². The van der Waals surface area contributed by atoms with Crippen molar-refractivity contribution < 1.29 is 9.90 Å². The van der Waals surface area contributed by atoms with Crippen molar-refractivity contribution in [3.8, 4) is 0 Å². The molecule has 1 aromatic carbocycles. The molecule has 1 N–H and O–H groups in total. The third-order valence-corrected chi connectivity index (χ3v) is 2.36. The molecule has 0 aromatic heterocycles. The number of hydrogen-bond acceptors (Lipinski definition) is 1. The second-order valence-electron chi connectivity index (χ2n) is 3.07. The molecule has 80 valence electrons. The number of rotatable bonds is 0. The van der Waals surface area contributed by atoms with E-state index in [9.17, 15) is 4.79 Å². The van der Waals surface area contributed by atoms with Gasteiger partial charge in [0.1, 0.15) is 0 Å². The summed E-state index contributed by atoms with van der Waals surface area (Å²) >= 11 is 5.81. The zero-order valence-corrected chi connectivity index (χ0v) is 9.26. The molecule has 5 heteroatoms. The monoisotopic (exact) mass is 245 g/mol. The standard InChI is InChI=1S/C10H8ClNO2.ClH/c11-9-2-1-7-3-4-12(10(13)14)6-8(7)5-9;/h1-5H,6H2,(H,13,14);1H. The molecule has 0 atom stereocenters. The van der Waals surface area contributed by atoms with Crippen molar-refractivity contribution in [1.82, 2.24) is 4.90 Å². The van der Waals surface area contributed by atoms with Crippen LogP contribution in [0.2, 0.25) is 5.02 Å². The summed E-state index contributed by atoms with van der Waals surface area (Å²) in [4.78, 5) is 11.9. The summed E-state index contributed by atoms with van der Waals surface area (Å²) in [5.41, 5.74) is 1.95. The van der Waals surface area contributed by atoms with Gasteiger partial charge < -0.3 is 5.11 Å². The minimum atomic E-state index is -0.952. The first-order valence-electron chi connectivity index (χ1n) is 4.13. The van der Waals surface area contributed by atoms with Crippen LogP contribution in [0.1, 0.15) is 11.1 Å². The molecule has 1 aliphatic rings. The van der Waals surface area contributed by atoms with Gasteiger partial charge in [-0.05, 0) is 29.3 Å². The average molecular weight is 246 g/mol. The summed E-state index contributed by atoms with van der Waals surface area (Å²) in [5.74, 6) is 0. The van der Waals surface area contributed by atoms with Crippen molar-refractivity contribution in [2.45, 2.75) is 6.54 Å². The van der Waals surface area contributed by atoms with Crippen LogP contribution in [0.25, 0.3) is 6.08 Å². The van der Waals surface area contributed by atoms with E-state index in [1.54, 1.807) is 24.4 Å². The SMILES string of the molecule is Cl.O=C(O)N1C=Cc2ccc(Cl)cc2C1. The first-order valence-corrected chi connectivity index (χ1v) is 4.51. The first-order chi connectivity index (χ1) is 6.66. The van der Waals surface area contributed by atoms with Gasteiger partial charge in [-0.25, -0.2) is 4.79 Å². The number of amides is 1. The van der Waals surface area contributed by atoms with E-state index in [-0.39, 0.29) is 12.4 Å². The molecule has 1 amide bonds. The predicted octanol–water partition coefficient (Wildman–Crippen LogP) is 3.23. The second kappa shape index (κ2) is 4.55. The Morgan fingerprint density at radius 2 is 2.20 bits per heavy atom. The molecular formula is C10H9Cl2NO2. The Morgan fingerprint density at radius 1 is 1.47 bits per heavy atom. The number of halogens is 2. The molecule has 15 heavy (non-hydrogen) atoms. The number of carbonyl (C=O) groups is 1. The Labute approximate surface area is 98.4 Å². The van der Waals surface area contributed by atoms with E-state index < -0.39 is 6.09 Å². The topological polar surface area (TPSA) is 40.5 Å². The van der Waals surface area contributed by atoms with Crippen LogP contribution in [-0.4, -0.2) is 16.1 Å². The van der Waals surface area contributed by atoms with Crippen molar-refractivity contribution in [3.05, 3.63) is 40.5 Å². The van der Waals surface area contributed by atoms with Crippen LogP contribution in [0, 0.1) is 0 Å². The van der Waals surface area contributed by atoms with Gasteiger partial charge >= 0.3 is 6.09 Å². The molecule has 0 radical (unpaired) electrons. The zero-order valence-electron chi connectivity index (χ0n) is 7.68. The summed E-state index contributed by atoms with van der Waals surface area (Å²) in [5, 5.41) is 9.40. The Hall–Kier alpha value is -1.19. The average Bonchev–Trinajstić information content (AvgIpc) is 2.16. The van der Waals surface area contributed by atoms with Gasteiger partial charge in [-0.2, -0.15) is 0 Å². The molecule has 1 aromatic rings. The van der Waals surface area contributed by atoms with Crippen molar-refractivity contribution in [2.24, 2.45) is 0 Å². The molecule has 0 fully saturated rings. The van der Waals surface area contributed by atoms with Crippen molar-refractivity contribution >= 4 is 36.2 Å². The number of nitrogens with zero attached hydrogens (tertiary/aromatic N) is 1. The number of fused-ring (bicyclic) bond motifs is 1. The van der Waals surface area contributed by atoms with Gasteiger partial charge in [0.2, 0.25) is 0 Å². The van der Waals surface area contributed by atoms with E-state index in [0.29, 0.717) is 11.6 Å². The van der Waals surface area contributed by atoms with E-state index in [2.05, 4.69) is 0 Å². The van der Waals surface area contributed by atoms with Crippen LogP contribution in [0.15, 0.2) is 24.4 Å². The van der Waals surface area contributed by atoms with Crippen molar-refractivity contribution in [3.63, 3.8) is 0 Å². The van der Waals surface area contributed by atoms with Crippen LogP contribution < -0.4 is 0 Å². The highest BCUT2D eigenvalue weighted by Crippen LogP contribution is 2.22. The summed E-state index contributed by atoms with van der Waals surface area (Å²) in [6.45, 7) is 0.363. The third-order valence-electron chi connectivity index (χ3n) is 2.13. The molecule has 0 saturated heterocycles. The van der Waals surface area contributed by atoms with Gasteiger partial charge in [0.05, 0.1) is 6.54 Å². The van der Waals surface area contributed by atoms with Crippen LogP contribution >= 0.6 is 24.0 Å². The highest BCUT2D eigenvalue weighted by Gasteiger charge is 2.15. The Bertz CT molecular complexity index is 418. The summed E-state index contributed by atoms with van der Waals surface area (Å²) < 4.78 is 0. The predicted molar refractivity (Wildman–Crippen MR) is 61.3 cm³/mol. The molecule has 1 heterocycles. The van der Waals surface area contributed by atoms with E-state index in [1.807, 2.05) is 6.07 Å². The lowest BCUT2D eigenvalue weighted by atomic mass is 10.0. The fourth-order valence-electron chi connectivity index (χ4n) is 1.41. The summed E-state index contributed by atoms with van der Waals surface area (Å²) in [7, 11) is 0. The molecule has 0 bridgehead atoms. The lowest BCUT2D eigenvalue weighted by Gasteiger charge is -2.20. The van der Waals surface area contributed by atoms with Crippen LogP contribution in [0.3, 0.4) is 0 Å². The fraction of sp³-hybridized carbons (Fsp3) is 0.100. The molecule has 2 rings (SSSR count). The number of hydrogen-bond donors (Lipinski definition) is 1. The molecular weight excluding hydrogens is 237 g/mol. The van der Waals surface area contributed by atoms with Crippen LogP contribution in [-0.2, 0) is 6.54 Å². The Kier molecular flexibility index (Phi) is 3.61. The van der Waals surface area contributed by atoms with Crippen molar-refractivity contribution in [1.29, 1.82) is 0 Å². The smallest absolute Gasteiger partial charge is 0.411 e. The Morgan fingerprint density at radius 3 is 2.87 bits per heavy atom. The Balaban J connectivity index is 0.00000112. The second-order valence-corrected chi connectivity index (χ2v) is 3.51. The lowest BCUT2D eigenvalue weighted by molar-refractivity contribution is 0.161. The van der Waals surface area contributed by atoms with Gasteiger partial charge in [-0.15, -0.1) is 12.4 Å². The van der Waals surface area contributed by atoms with Crippen LogP contribution in [0.4, 0.5) is 4.79 Å². The molecule has 1 aliphatic heterocycles. The van der Waals surface area contributed by atoms with Gasteiger partial charge in [-0.3, -0.25) is 4.90 Å². The van der Waals surface area contributed by atoms with E-state index >= 15 is 0 Å². The maximum atomic E-state index is 10.7. The number of carboxylic acid groups (broad SMARTS) is 1. The molecule has 0 aliphatic carbocycles. The normalized spacial score (nSPS) is 13.0. The highest BCUT2D eigenvalue weighted by atomic mass is 35.5. The molecule has 3 nitrogen and oxygen atoms in total. The van der Waals surface area contributed by atoms with Gasteiger partial charge in [0, 0.05) is 11.2 Å². The third kappa shape index (κ3) is 2.43. The minimum Gasteiger partial charge on any atom is -0.465 e. The highest BCUT2D eigenvalue weighted by molar-refractivity contribution is 6.30. The lowest BCUT2D eigenvalue weighted by Crippen LogP contribution is -2.25. The van der Waals surface area contributed by atoms with Gasteiger partial charge in [-0.1, -0.05) is 17.7 Å². The van der Waals surface area contributed by atoms with E-state index in [1.165, 1.54) is 4.90 Å². The first kappa shape index (κ1) is 11.9. The quantitative estimate of drug-likeness (QED) is 0.763. The maximum absolute atomic E-state index is 10.7. The van der Waals surface area contributed by atoms with Gasteiger partial charge in [0.25, 0.3) is 0 Å². The zero-order chi connectivity index (χ0) is 10.1. The van der Waals surface area contributed by atoms with Gasteiger partial charge in [0.15, 0.2) is 0 Å². The van der Waals surface area contributed by atoms with E-state index in [0.717, 1.165) is 11.1 Å². The summed E-state index contributed by atoms with van der Waals surface area (Å²) in [6.07, 6.45) is 2.37. The minimum absolute atomic E-state index is 0. The molecule has 0 spiro atoms. The largest absolute Gasteiger partial charge is 0.465 e. The van der Waals surface area contributed by atoms with E-state index in [4.69, 9.17) is 16.7 Å². The number of benzene rings is 1.